The molecule has 0 aliphatic heterocycles. The van der Waals surface area contributed by atoms with Crippen molar-refractivity contribution < 1.29 is 9.47 Å². The highest BCUT2D eigenvalue weighted by atomic mass is 32.1. The highest BCUT2D eigenvalue weighted by molar-refractivity contribution is 7.09. The first kappa shape index (κ1) is 13.4. The first-order valence-corrected chi connectivity index (χ1v) is 6.85. The number of thiophene rings is 1. The molecule has 1 aromatic heterocycles. The predicted octanol–water partition coefficient (Wildman–Crippen LogP) is 3.01. The molecule has 19 heavy (non-hydrogen) atoms. The molecule has 1 heterocycles. The Bertz CT molecular complexity index is 553. The van der Waals surface area contributed by atoms with E-state index in [0.29, 0.717) is 30.3 Å². The van der Waals surface area contributed by atoms with Crippen LogP contribution in [0, 0.1) is 5.41 Å². The summed E-state index contributed by atoms with van der Waals surface area (Å²) in [6.07, 6.45) is 0. The van der Waals surface area contributed by atoms with E-state index >= 15 is 0 Å². The van der Waals surface area contributed by atoms with Gasteiger partial charge in [-0.05, 0) is 36.6 Å². The molecule has 0 saturated carbocycles. The standard InChI is InChI=1S/C14H16N2O2S/c1-2-17-13-8-10(14(15)16)5-6-12(13)18-9-11-4-3-7-19-11/h3-8H,2,9H2,1H3,(H3,15,16). The maximum absolute atomic E-state index is 7.43. The van der Waals surface area contributed by atoms with Crippen molar-refractivity contribution in [2.45, 2.75) is 13.5 Å². The minimum Gasteiger partial charge on any atom is -0.490 e. The Morgan fingerprint density at radius 1 is 1.26 bits per heavy atom. The number of nitrogens with two attached hydrogens (primary N) is 1. The monoisotopic (exact) mass is 276 g/mol. The Morgan fingerprint density at radius 3 is 2.74 bits per heavy atom. The van der Waals surface area contributed by atoms with Gasteiger partial charge < -0.3 is 15.2 Å². The summed E-state index contributed by atoms with van der Waals surface area (Å²) in [5.41, 5.74) is 6.10. The highest BCUT2D eigenvalue weighted by Crippen LogP contribution is 2.29. The van der Waals surface area contributed by atoms with Gasteiger partial charge in [-0.1, -0.05) is 6.07 Å². The van der Waals surface area contributed by atoms with Crippen LogP contribution < -0.4 is 15.2 Å². The topological polar surface area (TPSA) is 68.3 Å². The number of ether oxygens (including phenoxy) is 2. The van der Waals surface area contributed by atoms with Crippen molar-refractivity contribution in [3.05, 3.63) is 46.2 Å². The van der Waals surface area contributed by atoms with Gasteiger partial charge in [0.05, 0.1) is 6.61 Å². The molecule has 5 heteroatoms. The summed E-state index contributed by atoms with van der Waals surface area (Å²) in [5.74, 6) is 1.30. The second-order valence-electron chi connectivity index (χ2n) is 3.88. The van der Waals surface area contributed by atoms with Gasteiger partial charge in [-0.25, -0.2) is 0 Å². The van der Waals surface area contributed by atoms with Crippen LogP contribution in [-0.4, -0.2) is 12.4 Å². The summed E-state index contributed by atoms with van der Waals surface area (Å²) in [6.45, 7) is 2.96. The minimum atomic E-state index is 0.0192. The largest absolute Gasteiger partial charge is 0.490 e. The molecule has 2 aromatic rings. The van der Waals surface area contributed by atoms with Crippen LogP contribution in [0.15, 0.2) is 35.7 Å². The van der Waals surface area contributed by atoms with Gasteiger partial charge in [0, 0.05) is 10.4 Å². The van der Waals surface area contributed by atoms with Gasteiger partial charge in [0.1, 0.15) is 12.4 Å². The zero-order valence-electron chi connectivity index (χ0n) is 10.7. The van der Waals surface area contributed by atoms with Crippen LogP contribution in [0.2, 0.25) is 0 Å². The maximum Gasteiger partial charge on any atom is 0.161 e. The molecule has 100 valence electrons. The lowest BCUT2D eigenvalue weighted by Gasteiger charge is -2.12. The average molecular weight is 276 g/mol. The van der Waals surface area contributed by atoms with E-state index < -0.39 is 0 Å². The third-order valence-corrected chi connectivity index (χ3v) is 3.35. The Balaban J connectivity index is 2.16. The SMILES string of the molecule is CCOc1cc(C(=N)N)ccc1OCc1cccs1. The number of hydrogen-bond acceptors (Lipinski definition) is 4. The quantitative estimate of drug-likeness (QED) is 0.629. The van der Waals surface area contributed by atoms with Gasteiger partial charge in [-0.3, -0.25) is 5.41 Å². The fraction of sp³-hybridized carbons (Fsp3) is 0.214. The van der Waals surface area contributed by atoms with Gasteiger partial charge >= 0.3 is 0 Å². The molecule has 0 aliphatic rings. The third-order valence-electron chi connectivity index (χ3n) is 2.50. The Morgan fingerprint density at radius 2 is 2.11 bits per heavy atom. The number of amidine groups is 1. The minimum absolute atomic E-state index is 0.0192. The van der Waals surface area contributed by atoms with Gasteiger partial charge in [0.25, 0.3) is 0 Å². The fourth-order valence-corrected chi connectivity index (χ4v) is 2.22. The number of hydrogen-bond donors (Lipinski definition) is 2. The Hall–Kier alpha value is -2.01. The van der Waals surface area contributed by atoms with Crippen LogP contribution in [0.3, 0.4) is 0 Å². The average Bonchev–Trinajstić information content (AvgIpc) is 2.90. The Kier molecular flexibility index (Phi) is 4.41. The first-order chi connectivity index (χ1) is 9.20. The first-order valence-electron chi connectivity index (χ1n) is 5.97. The lowest BCUT2D eigenvalue weighted by atomic mass is 10.2. The van der Waals surface area contributed by atoms with Crippen LogP contribution in [-0.2, 0) is 6.61 Å². The van der Waals surface area contributed by atoms with Gasteiger partial charge in [-0.2, -0.15) is 0 Å². The van der Waals surface area contributed by atoms with Crippen molar-refractivity contribution in [1.82, 2.24) is 0 Å². The Labute approximate surface area is 116 Å². The van der Waals surface area contributed by atoms with E-state index in [0.717, 1.165) is 4.88 Å². The number of benzene rings is 1. The van der Waals surface area contributed by atoms with Crippen molar-refractivity contribution in [2.24, 2.45) is 5.73 Å². The second kappa shape index (κ2) is 6.24. The third kappa shape index (κ3) is 3.48. The number of nitrogens with one attached hydrogen (secondary N) is 1. The molecular formula is C14H16N2O2S. The highest BCUT2D eigenvalue weighted by Gasteiger charge is 2.08. The molecule has 0 radical (unpaired) electrons. The molecule has 0 saturated heterocycles. The molecule has 0 amide bonds. The zero-order valence-corrected chi connectivity index (χ0v) is 11.5. The maximum atomic E-state index is 7.43. The van der Waals surface area contributed by atoms with Crippen molar-refractivity contribution in [3.8, 4) is 11.5 Å². The van der Waals surface area contributed by atoms with E-state index in [9.17, 15) is 0 Å². The van der Waals surface area contributed by atoms with E-state index in [1.807, 2.05) is 24.4 Å². The van der Waals surface area contributed by atoms with E-state index in [4.69, 9.17) is 20.6 Å². The molecule has 1 aromatic carbocycles. The van der Waals surface area contributed by atoms with Crippen LogP contribution in [0.25, 0.3) is 0 Å². The molecule has 0 bridgehead atoms. The summed E-state index contributed by atoms with van der Waals surface area (Å²) in [7, 11) is 0. The van der Waals surface area contributed by atoms with Crippen LogP contribution >= 0.6 is 11.3 Å². The predicted molar refractivity (Wildman–Crippen MR) is 77.3 cm³/mol. The smallest absolute Gasteiger partial charge is 0.161 e. The normalized spacial score (nSPS) is 10.2. The van der Waals surface area contributed by atoms with Gasteiger partial charge in [-0.15, -0.1) is 11.3 Å². The molecule has 2 rings (SSSR count). The fourth-order valence-electron chi connectivity index (χ4n) is 1.61. The summed E-state index contributed by atoms with van der Waals surface area (Å²) in [6, 6.07) is 9.29. The summed E-state index contributed by atoms with van der Waals surface area (Å²) < 4.78 is 11.3. The molecule has 0 aliphatic carbocycles. The number of rotatable bonds is 6. The molecule has 3 N–H and O–H groups in total. The molecule has 4 nitrogen and oxygen atoms in total. The summed E-state index contributed by atoms with van der Waals surface area (Å²) in [5, 5.41) is 9.45. The number of nitrogen functional groups attached to an aromatic ring is 1. The van der Waals surface area contributed by atoms with Crippen molar-refractivity contribution >= 4 is 17.2 Å². The second-order valence-corrected chi connectivity index (χ2v) is 4.91. The van der Waals surface area contributed by atoms with Gasteiger partial charge in [0.15, 0.2) is 11.5 Å². The van der Waals surface area contributed by atoms with E-state index in [1.54, 1.807) is 29.5 Å². The van der Waals surface area contributed by atoms with Crippen LogP contribution in [0.5, 0.6) is 11.5 Å². The summed E-state index contributed by atoms with van der Waals surface area (Å²) in [4.78, 5) is 1.15. The summed E-state index contributed by atoms with van der Waals surface area (Å²) >= 11 is 1.65. The zero-order chi connectivity index (χ0) is 13.7. The van der Waals surface area contributed by atoms with Gasteiger partial charge in [0.2, 0.25) is 0 Å². The molecule has 0 unspecified atom stereocenters. The molecule has 0 spiro atoms. The van der Waals surface area contributed by atoms with E-state index in [2.05, 4.69) is 0 Å². The van der Waals surface area contributed by atoms with Crippen LogP contribution in [0.1, 0.15) is 17.4 Å². The molecule has 0 atom stereocenters. The molecule has 0 fully saturated rings. The lowest BCUT2D eigenvalue weighted by Crippen LogP contribution is -2.11. The van der Waals surface area contributed by atoms with Crippen molar-refractivity contribution in [2.75, 3.05) is 6.61 Å². The van der Waals surface area contributed by atoms with E-state index in [-0.39, 0.29) is 5.84 Å². The van der Waals surface area contributed by atoms with E-state index in [1.165, 1.54) is 0 Å². The van der Waals surface area contributed by atoms with Crippen molar-refractivity contribution in [3.63, 3.8) is 0 Å². The van der Waals surface area contributed by atoms with Crippen molar-refractivity contribution in [1.29, 1.82) is 5.41 Å². The lowest BCUT2D eigenvalue weighted by molar-refractivity contribution is 0.271. The van der Waals surface area contributed by atoms with Crippen LogP contribution in [0.4, 0.5) is 0 Å². The molecular weight excluding hydrogens is 260 g/mol.